The molecule has 1 aliphatic rings. The highest BCUT2D eigenvalue weighted by Crippen LogP contribution is 2.39. The van der Waals surface area contributed by atoms with Gasteiger partial charge in [0.15, 0.2) is 9.84 Å². The van der Waals surface area contributed by atoms with E-state index in [1.165, 1.54) is 25.1 Å². The van der Waals surface area contributed by atoms with Gasteiger partial charge in [0.1, 0.15) is 0 Å². The normalized spacial score (nSPS) is 16.4. The number of hydrogen-bond donors (Lipinski definition) is 3. The van der Waals surface area contributed by atoms with Crippen molar-refractivity contribution in [1.82, 2.24) is 19.8 Å². The van der Waals surface area contributed by atoms with Crippen LogP contribution < -0.4 is 22.3 Å². The third-order valence-electron chi connectivity index (χ3n) is 6.90. The highest BCUT2D eigenvalue weighted by Gasteiger charge is 2.37. The maximum absolute atomic E-state index is 14.2. The number of nitrogens with zero attached hydrogens (tertiary/aromatic N) is 2. The minimum absolute atomic E-state index is 0.0235. The van der Waals surface area contributed by atoms with Gasteiger partial charge < -0.3 is 16.0 Å². The number of fused-ring (bicyclic) bond motifs is 1. The molecular formula is C25H26Cl2F3N5O5S. The zero-order valence-electron chi connectivity index (χ0n) is 21.6. The third kappa shape index (κ3) is 6.46. The molecule has 2 aromatic carbocycles. The van der Waals surface area contributed by atoms with Crippen molar-refractivity contribution in [3.05, 3.63) is 71.8 Å². The number of amides is 1. The molecule has 1 aliphatic heterocycles. The summed E-state index contributed by atoms with van der Waals surface area (Å²) in [6.07, 6.45) is -4.41. The minimum atomic E-state index is -4.90. The van der Waals surface area contributed by atoms with Gasteiger partial charge in [-0.3, -0.25) is 19.1 Å². The van der Waals surface area contributed by atoms with Crippen LogP contribution in [0.2, 0.25) is 10.0 Å². The molecule has 0 spiro atoms. The molecule has 0 radical (unpaired) electrons. The summed E-state index contributed by atoms with van der Waals surface area (Å²) < 4.78 is 68.5. The van der Waals surface area contributed by atoms with Crippen LogP contribution in [0, 0.1) is 0 Å². The number of alkyl halides is 3. The first kappa shape index (κ1) is 31.0. The van der Waals surface area contributed by atoms with E-state index in [1.54, 1.807) is 4.90 Å². The molecule has 222 valence electrons. The number of rotatable bonds is 8. The summed E-state index contributed by atoms with van der Waals surface area (Å²) in [5.74, 6) is -0.655. The molecule has 1 fully saturated rings. The fraction of sp³-hybridized carbons (Fsp3) is 0.400. The van der Waals surface area contributed by atoms with Gasteiger partial charge >= 0.3 is 11.9 Å². The summed E-state index contributed by atoms with van der Waals surface area (Å²) in [7, 11) is -3.79. The van der Waals surface area contributed by atoms with Crippen LogP contribution >= 0.6 is 23.2 Å². The number of carbonyl (C=O) groups excluding carboxylic acids is 1. The number of nitrogens with one attached hydrogen (secondary N) is 2. The Balaban J connectivity index is 1.81. The maximum atomic E-state index is 14.2. The molecule has 0 unspecified atom stereocenters. The number of aromatic amines is 1. The zero-order valence-corrected chi connectivity index (χ0v) is 24.0. The molecule has 3 aromatic rings. The average molecular weight is 636 g/mol. The average Bonchev–Trinajstić information content (AvgIpc) is 3.34. The van der Waals surface area contributed by atoms with Gasteiger partial charge in [-0.2, -0.15) is 13.2 Å². The third-order valence-corrected chi connectivity index (χ3v) is 9.38. The van der Waals surface area contributed by atoms with Gasteiger partial charge in [-0.25, -0.2) is 13.2 Å². The molecule has 16 heteroatoms. The molecule has 0 bridgehead atoms. The van der Waals surface area contributed by atoms with Gasteiger partial charge in [-0.1, -0.05) is 30.1 Å². The summed E-state index contributed by atoms with van der Waals surface area (Å²) in [6, 6.07) is 4.19. The standard InChI is InChI=1S/C25H26Cl2F3N5O5S/c1-2-41(39,40)19-4-3-14(26)7-13(19)10-35-23(37)16-8-18(25(28,29)30)17(21(27)22(16)33-24(35)38)12-34-6-5-15(11-34)32-20(36)9-31/h3-4,7-8,15H,2,5-6,9-12,31H2,1H3,(H,32,36)(H,33,38)/t15-/m1/s1. The van der Waals surface area contributed by atoms with Crippen molar-refractivity contribution < 1.29 is 26.4 Å². The van der Waals surface area contributed by atoms with E-state index in [4.69, 9.17) is 28.9 Å². The van der Waals surface area contributed by atoms with Gasteiger partial charge in [0.25, 0.3) is 5.56 Å². The lowest BCUT2D eigenvalue weighted by Crippen LogP contribution is -2.40. The Hall–Kier alpha value is -2.91. The predicted octanol–water partition coefficient (Wildman–Crippen LogP) is 2.51. The van der Waals surface area contributed by atoms with Crippen LogP contribution in [0.4, 0.5) is 13.2 Å². The quantitative estimate of drug-likeness (QED) is 0.344. The largest absolute Gasteiger partial charge is 0.416 e. The molecule has 0 aliphatic carbocycles. The SMILES string of the molecule is CCS(=O)(=O)c1ccc(Cl)cc1Cn1c(=O)[nH]c2c(Cl)c(CN3CC[C@@H](NC(=O)CN)C3)c(C(F)(F)F)cc2c1=O. The van der Waals surface area contributed by atoms with Crippen molar-refractivity contribution in [1.29, 1.82) is 0 Å². The number of nitrogens with two attached hydrogens (primary N) is 1. The summed E-state index contributed by atoms with van der Waals surface area (Å²) in [6.45, 7) is 0.983. The number of halogens is 5. The Kier molecular flexibility index (Phi) is 8.90. The maximum Gasteiger partial charge on any atom is 0.416 e. The summed E-state index contributed by atoms with van der Waals surface area (Å²) in [4.78, 5) is 41.9. The Labute approximate surface area is 242 Å². The minimum Gasteiger partial charge on any atom is -0.351 e. The summed E-state index contributed by atoms with van der Waals surface area (Å²) >= 11 is 12.5. The van der Waals surface area contributed by atoms with Crippen LogP contribution in [0.25, 0.3) is 10.9 Å². The molecule has 1 atom stereocenters. The number of sulfone groups is 1. The van der Waals surface area contributed by atoms with Gasteiger partial charge in [0.05, 0.1) is 45.2 Å². The van der Waals surface area contributed by atoms with Crippen molar-refractivity contribution in [3.63, 3.8) is 0 Å². The lowest BCUT2D eigenvalue weighted by Gasteiger charge is -2.22. The Morgan fingerprint density at radius 3 is 2.54 bits per heavy atom. The molecule has 4 N–H and O–H groups in total. The monoisotopic (exact) mass is 635 g/mol. The zero-order chi connectivity index (χ0) is 30.3. The number of H-pyrrole nitrogens is 1. The first-order chi connectivity index (χ1) is 19.2. The number of hydrogen-bond acceptors (Lipinski definition) is 7. The molecule has 1 saturated heterocycles. The first-order valence-electron chi connectivity index (χ1n) is 12.4. The number of likely N-dealkylation sites (tertiary alicyclic amines) is 1. The molecule has 1 amide bonds. The van der Waals surface area contributed by atoms with E-state index in [0.717, 1.165) is 0 Å². The summed E-state index contributed by atoms with van der Waals surface area (Å²) in [5.41, 5.74) is 1.47. The molecule has 1 aromatic heterocycles. The van der Waals surface area contributed by atoms with Crippen molar-refractivity contribution in [2.75, 3.05) is 25.4 Å². The van der Waals surface area contributed by atoms with Crippen LogP contribution in [0.5, 0.6) is 0 Å². The van der Waals surface area contributed by atoms with E-state index in [2.05, 4.69) is 10.3 Å². The molecule has 2 heterocycles. The molecule has 10 nitrogen and oxygen atoms in total. The van der Waals surface area contributed by atoms with Crippen LogP contribution in [-0.2, 0) is 33.9 Å². The van der Waals surface area contributed by atoms with E-state index in [0.29, 0.717) is 23.6 Å². The van der Waals surface area contributed by atoms with Gasteiger partial charge in [0, 0.05) is 30.7 Å². The van der Waals surface area contributed by atoms with Crippen molar-refractivity contribution in [3.8, 4) is 0 Å². The van der Waals surface area contributed by atoms with Crippen molar-refractivity contribution in [2.24, 2.45) is 5.73 Å². The smallest absolute Gasteiger partial charge is 0.351 e. The van der Waals surface area contributed by atoms with Gasteiger partial charge in [0.2, 0.25) is 5.91 Å². The van der Waals surface area contributed by atoms with Crippen LogP contribution in [-0.4, -0.2) is 60.2 Å². The van der Waals surface area contributed by atoms with E-state index in [1.807, 2.05) is 0 Å². The van der Waals surface area contributed by atoms with Crippen molar-refractivity contribution >= 4 is 49.8 Å². The van der Waals surface area contributed by atoms with Crippen LogP contribution in [0.3, 0.4) is 0 Å². The molecular weight excluding hydrogens is 610 g/mol. The molecule has 4 rings (SSSR count). The van der Waals surface area contributed by atoms with E-state index >= 15 is 0 Å². The second kappa shape index (κ2) is 11.8. The second-order valence-electron chi connectivity index (χ2n) is 9.61. The molecule has 0 saturated carbocycles. The van der Waals surface area contributed by atoms with Crippen LogP contribution in [0.15, 0.2) is 38.8 Å². The first-order valence-corrected chi connectivity index (χ1v) is 14.9. The lowest BCUT2D eigenvalue weighted by molar-refractivity contribution is -0.138. The Bertz CT molecular complexity index is 1740. The van der Waals surface area contributed by atoms with E-state index in [9.17, 15) is 36.0 Å². The predicted molar refractivity (Wildman–Crippen MR) is 148 cm³/mol. The van der Waals surface area contributed by atoms with E-state index < -0.39 is 49.8 Å². The molecule has 41 heavy (non-hydrogen) atoms. The Morgan fingerprint density at radius 1 is 1.20 bits per heavy atom. The fourth-order valence-corrected chi connectivity index (χ4v) is 6.46. The van der Waals surface area contributed by atoms with Crippen molar-refractivity contribution in [2.45, 2.75) is 43.5 Å². The number of aromatic nitrogens is 2. The lowest BCUT2D eigenvalue weighted by atomic mass is 10.0. The second-order valence-corrected chi connectivity index (χ2v) is 12.7. The van der Waals surface area contributed by atoms with Gasteiger partial charge in [-0.05, 0) is 41.8 Å². The fourth-order valence-electron chi connectivity index (χ4n) is 4.85. The van der Waals surface area contributed by atoms with Crippen LogP contribution in [0.1, 0.15) is 30.0 Å². The van der Waals surface area contributed by atoms with E-state index in [-0.39, 0.29) is 63.9 Å². The number of benzene rings is 2. The highest BCUT2D eigenvalue weighted by atomic mass is 35.5. The number of carbonyl (C=O) groups is 1. The Morgan fingerprint density at radius 2 is 1.90 bits per heavy atom. The summed E-state index contributed by atoms with van der Waals surface area (Å²) in [5, 5.41) is 1.89. The highest BCUT2D eigenvalue weighted by molar-refractivity contribution is 7.91. The van der Waals surface area contributed by atoms with Gasteiger partial charge in [-0.15, -0.1) is 0 Å². The topological polar surface area (TPSA) is 147 Å².